The van der Waals surface area contributed by atoms with Gasteiger partial charge in [-0.3, -0.25) is 9.67 Å². The summed E-state index contributed by atoms with van der Waals surface area (Å²) in [5, 5.41) is 15.3. The van der Waals surface area contributed by atoms with Crippen LogP contribution in [0.2, 0.25) is 0 Å². The van der Waals surface area contributed by atoms with Crippen molar-refractivity contribution in [3.63, 3.8) is 0 Å². The first-order valence-electron chi connectivity index (χ1n) is 8.29. The summed E-state index contributed by atoms with van der Waals surface area (Å²) in [6, 6.07) is 5.42. The van der Waals surface area contributed by atoms with Crippen LogP contribution in [0.25, 0.3) is 22.0 Å². The third kappa shape index (κ3) is 3.83. The summed E-state index contributed by atoms with van der Waals surface area (Å²) in [7, 11) is 1.33. The Morgan fingerprint density at radius 1 is 1.31 bits per heavy atom. The van der Waals surface area contributed by atoms with E-state index in [2.05, 4.69) is 10.1 Å². The Bertz CT molecular complexity index is 957. The molecule has 1 aromatic carbocycles. The molecule has 136 valence electrons. The van der Waals surface area contributed by atoms with Crippen LogP contribution in [0.1, 0.15) is 30.6 Å². The number of aromatic nitrogens is 3. The molecule has 26 heavy (non-hydrogen) atoms. The monoisotopic (exact) mass is 354 g/mol. The van der Waals surface area contributed by atoms with Gasteiger partial charge in [0.05, 0.1) is 23.8 Å². The van der Waals surface area contributed by atoms with Crippen LogP contribution in [0, 0.1) is 0 Å². The highest BCUT2D eigenvalue weighted by Crippen LogP contribution is 2.30. The molecule has 0 aliphatic rings. The largest absolute Gasteiger partial charge is 0.465 e. The number of carbonyl (C=O) groups excluding carboxylic acids is 1. The number of nitrogen functional groups attached to an aromatic ring is 1. The van der Waals surface area contributed by atoms with Crippen LogP contribution in [-0.4, -0.2) is 38.6 Å². The molecule has 0 unspecified atom stereocenters. The van der Waals surface area contributed by atoms with Crippen molar-refractivity contribution in [2.75, 3.05) is 12.8 Å². The molecule has 0 atom stereocenters. The molecular weight excluding hydrogens is 332 g/mol. The van der Waals surface area contributed by atoms with Crippen molar-refractivity contribution in [3.8, 4) is 11.1 Å². The molecule has 0 fully saturated rings. The summed E-state index contributed by atoms with van der Waals surface area (Å²) in [5.74, 6) is -0.449. The first-order valence-corrected chi connectivity index (χ1v) is 8.29. The highest BCUT2D eigenvalue weighted by Gasteiger charge is 2.14. The number of anilines is 1. The second kappa shape index (κ2) is 6.76. The van der Waals surface area contributed by atoms with Gasteiger partial charge in [0.15, 0.2) is 0 Å². The van der Waals surface area contributed by atoms with E-state index >= 15 is 0 Å². The van der Waals surface area contributed by atoms with Gasteiger partial charge in [0, 0.05) is 47.3 Å². The van der Waals surface area contributed by atoms with Gasteiger partial charge >= 0.3 is 5.97 Å². The molecular formula is C19H22N4O3. The first-order chi connectivity index (χ1) is 12.3. The van der Waals surface area contributed by atoms with E-state index in [1.54, 1.807) is 30.8 Å². The van der Waals surface area contributed by atoms with Gasteiger partial charge in [0.25, 0.3) is 0 Å². The molecule has 2 aromatic heterocycles. The lowest BCUT2D eigenvalue weighted by Crippen LogP contribution is -2.21. The maximum atomic E-state index is 11.7. The molecule has 7 heteroatoms. The third-order valence-electron chi connectivity index (χ3n) is 4.15. The molecule has 0 saturated carbocycles. The van der Waals surface area contributed by atoms with Crippen molar-refractivity contribution in [2.45, 2.75) is 32.4 Å². The van der Waals surface area contributed by atoms with Crippen molar-refractivity contribution in [1.82, 2.24) is 14.8 Å². The average molecular weight is 354 g/mol. The van der Waals surface area contributed by atoms with Crippen LogP contribution < -0.4 is 5.73 Å². The number of nitrogens with zero attached hydrogens (tertiary/aromatic N) is 3. The maximum Gasteiger partial charge on any atom is 0.339 e. The van der Waals surface area contributed by atoms with Crippen LogP contribution >= 0.6 is 0 Å². The van der Waals surface area contributed by atoms with Gasteiger partial charge in [-0.25, -0.2) is 4.79 Å². The molecule has 0 aliphatic heterocycles. The van der Waals surface area contributed by atoms with Crippen LogP contribution in [0.4, 0.5) is 5.69 Å². The Morgan fingerprint density at radius 2 is 2.08 bits per heavy atom. The highest BCUT2D eigenvalue weighted by molar-refractivity contribution is 5.94. The van der Waals surface area contributed by atoms with Crippen LogP contribution in [0.15, 0.2) is 36.8 Å². The maximum absolute atomic E-state index is 11.7. The zero-order valence-electron chi connectivity index (χ0n) is 15.1. The summed E-state index contributed by atoms with van der Waals surface area (Å²) in [4.78, 5) is 15.8. The lowest BCUT2D eigenvalue weighted by Gasteiger charge is -2.16. The van der Waals surface area contributed by atoms with Crippen molar-refractivity contribution < 1.29 is 14.6 Å². The van der Waals surface area contributed by atoms with Crippen molar-refractivity contribution in [2.24, 2.45) is 0 Å². The smallest absolute Gasteiger partial charge is 0.339 e. The number of benzene rings is 1. The number of rotatable bonds is 5. The molecule has 0 amide bonds. The fourth-order valence-corrected chi connectivity index (χ4v) is 2.71. The second-order valence-corrected chi connectivity index (χ2v) is 6.91. The number of fused-ring (bicyclic) bond motifs is 1. The molecule has 3 N–H and O–H groups in total. The van der Waals surface area contributed by atoms with E-state index < -0.39 is 11.6 Å². The summed E-state index contributed by atoms with van der Waals surface area (Å²) in [6.45, 7) is 4.15. The normalized spacial score (nSPS) is 11.7. The third-order valence-corrected chi connectivity index (χ3v) is 4.15. The Labute approximate surface area is 151 Å². The molecule has 0 saturated heterocycles. The van der Waals surface area contributed by atoms with E-state index in [1.807, 2.05) is 18.3 Å². The van der Waals surface area contributed by atoms with E-state index in [0.717, 1.165) is 22.0 Å². The summed E-state index contributed by atoms with van der Waals surface area (Å²) in [6.07, 6.45) is 5.60. The number of hydrogen-bond donors (Lipinski definition) is 2. The fraction of sp³-hybridized carbons (Fsp3) is 0.316. The summed E-state index contributed by atoms with van der Waals surface area (Å²) >= 11 is 0. The first kappa shape index (κ1) is 17.9. The quantitative estimate of drug-likeness (QED) is 0.539. The number of nitrogens with two attached hydrogens (primary N) is 1. The Balaban J connectivity index is 1.97. The number of carbonyl (C=O) groups is 1. The van der Waals surface area contributed by atoms with E-state index in [1.165, 1.54) is 13.3 Å². The van der Waals surface area contributed by atoms with Gasteiger partial charge < -0.3 is 15.6 Å². The lowest BCUT2D eigenvalue weighted by atomic mass is 10.0. The topological polar surface area (TPSA) is 103 Å². The van der Waals surface area contributed by atoms with E-state index in [4.69, 9.17) is 10.5 Å². The minimum Gasteiger partial charge on any atom is -0.465 e. The molecule has 2 heterocycles. The molecule has 0 aliphatic carbocycles. The Morgan fingerprint density at radius 3 is 2.77 bits per heavy atom. The average Bonchev–Trinajstić information content (AvgIpc) is 3.00. The zero-order valence-corrected chi connectivity index (χ0v) is 15.1. The molecule has 7 nitrogen and oxygen atoms in total. The van der Waals surface area contributed by atoms with Crippen LogP contribution in [0.5, 0.6) is 0 Å². The number of esters is 1. The van der Waals surface area contributed by atoms with Crippen LogP contribution in [-0.2, 0) is 11.3 Å². The number of pyridine rings is 1. The van der Waals surface area contributed by atoms with Gasteiger partial charge in [-0.2, -0.15) is 5.10 Å². The molecule has 0 spiro atoms. The number of aryl methyl sites for hydroxylation is 1. The minimum absolute atomic E-state index is 0.361. The molecule has 3 rings (SSSR count). The predicted molar refractivity (Wildman–Crippen MR) is 99.6 cm³/mol. The number of methoxy groups -OCH3 is 1. The van der Waals surface area contributed by atoms with Crippen molar-refractivity contribution >= 4 is 22.6 Å². The van der Waals surface area contributed by atoms with Gasteiger partial charge in [-0.15, -0.1) is 0 Å². The SMILES string of the molecule is COC(=O)c1cncc(-c2cc3nn(CCC(C)(C)O)cc3cc2N)c1. The van der Waals surface area contributed by atoms with Crippen LogP contribution in [0.3, 0.4) is 0 Å². The van der Waals surface area contributed by atoms with E-state index in [0.29, 0.717) is 24.2 Å². The Kier molecular flexibility index (Phi) is 4.65. The molecule has 3 aromatic rings. The fourth-order valence-electron chi connectivity index (χ4n) is 2.71. The van der Waals surface area contributed by atoms with Gasteiger partial charge in [0.2, 0.25) is 0 Å². The van der Waals surface area contributed by atoms with E-state index in [9.17, 15) is 9.90 Å². The minimum atomic E-state index is -0.748. The number of hydrogen-bond acceptors (Lipinski definition) is 6. The Hall–Kier alpha value is -2.93. The number of ether oxygens (including phenoxy) is 1. The van der Waals surface area contributed by atoms with Crippen molar-refractivity contribution in [1.29, 1.82) is 0 Å². The standard InChI is InChI=1S/C19H22N4O3/c1-19(2,25)4-5-23-11-14-7-16(20)15(8-17(14)22-23)12-6-13(10-21-9-12)18(24)26-3/h6-11,25H,4-5,20H2,1-3H3. The number of aliphatic hydroxyl groups is 1. The van der Waals surface area contributed by atoms with Gasteiger partial charge in [-0.05, 0) is 38.5 Å². The highest BCUT2D eigenvalue weighted by atomic mass is 16.5. The second-order valence-electron chi connectivity index (χ2n) is 6.91. The zero-order chi connectivity index (χ0) is 18.9. The van der Waals surface area contributed by atoms with Gasteiger partial charge in [0.1, 0.15) is 0 Å². The van der Waals surface area contributed by atoms with Crippen molar-refractivity contribution in [3.05, 3.63) is 42.4 Å². The predicted octanol–water partition coefficient (Wildman–Crippen LogP) is 2.63. The summed E-state index contributed by atoms with van der Waals surface area (Å²) in [5.41, 5.74) is 8.65. The summed E-state index contributed by atoms with van der Waals surface area (Å²) < 4.78 is 6.54. The lowest BCUT2D eigenvalue weighted by molar-refractivity contribution is 0.0599. The van der Waals surface area contributed by atoms with Gasteiger partial charge in [-0.1, -0.05) is 0 Å². The molecule has 0 bridgehead atoms. The molecule has 0 radical (unpaired) electrons. The van der Waals surface area contributed by atoms with E-state index in [-0.39, 0.29) is 0 Å².